The van der Waals surface area contributed by atoms with Gasteiger partial charge in [-0.25, -0.2) is 0 Å². The van der Waals surface area contributed by atoms with Crippen molar-refractivity contribution in [1.82, 2.24) is 5.32 Å². The molecule has 0 heterocycles. The first-order valence-corrected chi connectivity index (χ1v) is 10.9. The third-order valence-electron chi connectivity index (χ3n) is 5.49. The first kappa shape index (κ1) is 24.8. The molecule has 6 nitrogen and oxygen atoms in total. The Morgan fingerprint density at radius 2 is 1.96 bits per heavy atom. The molecular formula is C22H39NO5. The van der Waals surface area contributed by atoms with E-state index in [9.17, 15) is 19.8 Å². The summed E-state index contributed by atoms with van der Waals surface area (Å²) in [4.78, 5) is 23.7. The van der Waals surface area contributed by atoms with E-state index in [4.69, 9.17) is 5.11 Å². The number of Topliss-reactive ketones (excluding diaryl/α,β-unsaturated/α-hetero) is 1. The highest BCUT2D eigenvalue weighted by molar-refractivity contribution is 5.84. The Morgan fingerprint density at radius 3 is 2.68 bits per heavy atom. The molecule has 162 valence electrons. The minimum absolute atomic E-state index is 0.0363. The molecule has 1 aliphatic rings. The van der Waals surface area contributed by atoms with Crippen molar-refractivity contribution in [3.05, 3.63) is 12.2 Å². The molecule has 0 aliphatic heterocycles. The van der Waals surface area contributed by atoms with Gasteiger partial charge in [0.05, 0.1) is 18.8 Å². The van der Waals surface area contributed by atoms with Crippen molar-refractivity contribution in [1.29, 1.82) is 0 Å². The second-order valence-electron chi connectivity index (χ2n) is 7.90. The van der Waals surface area contributed by atoms with Gasteiger partial charge in [0.25, 0.3) is 0 Å². The number of carbonyl (C=O) groups is 2. The Hall–Kier alpha value is -1.24. The van der Waals surface area contributed by atoms with Gasteiger partial charge >= 0.3 is 0 Å². The summed E-state index contributed by atoms with van der Waals surface area (Å²) in [6.45, 7) is 2.38. The molecule has 2 unspecified atom stereocenters. The quantitative estimate of drug-likeness (QED) is 0.251. The summed E-state index contributed by atoms with van der Waals surface area (Å²) >= 11 is 0. The summed E-state index contributed by atoms with van der Waals surface area (Å²) in [7, 11) is 0. The van der Waals surface area contributed by atoms with Crippen molar-refractivity contribution in [2.45, 2.75) is 89.8 Å². The maximum Gasteiger partial charge on any atom is 0.220 e. The van der Waals surface area contributed by atoms with Gasteiger partial charge in [0.2, 0.25) is 5.91 Å². The van der Waals surface area contributed by atoms with Crippen molar-refractivity contribution >= 4 is 11.7 Å². The predicted octanol–water partition coefficient (Wildman–Crippen LogP) is 2.50. The lowest BCUT2D eigenvalue weighted by Crippen LogP contribution is -2.25. The molecule has 0 spiro atoms. The van der Waals surface area contributed by atoms with Crippen molar-refractivity contribution in [3.63, 3.8) is 0 Å². The fraction of sp³-hybridized carbons (Fsp3) is 0.818. The number of aliphatic hydroxyl groups excluding tert-OH is 3. The summed E-state index contributed by atoms with van der Waals surface area (Å²) in [5, 5.41) is 31.6. The van der Waals surface area contributed by atoms with Crippen LogP contribution in [0, 0.1) is 11.8 Å². The number of unbranched alkanes of at least 4 members (excludes halogenated alkanes) is 5. The van der Waals surface area contributed by atoms with Crippen LogP contribution >= 0.6 is 0 Å². The zero-order valence-electron chi connectivity index (χ0n) is 17.3. The number of rotatable bonds is 15. The molecule has 4 atom stereocenters. The number of carbonyl (C=O) groups excluding carboxylic acids is 2. The van der Waals surface area contributed by atoms with Crippen LogP contribution in [0.2, 0.25) is 0 Å². The van der Waals surface area contributed by atoms with E-state index in [2.05, 4.69) is 12.2 Å². The fourth-order valence-corrected chi connectivity index (χ4v) is 3.84. The van der Waals surface area contributed by atoms with Gasteiger partial charge in [0.1, 0.15) is 5.78 Å². The number of ketones is 1. The summed E-state index contributed by atoms with van der Waals surface area (Å²) in [6, 6.07) is 0. The molecule has 0 aromatic rings. The Morgan fingerprint density at radius 1 is 1.21 bits per heavy atom. The van der Waals surface area contributed by atoms with E-state index in [0.717, 1.165) is 57.8 Å². The maximum atomic E-state index is 12.2. The topological polar surface area (TPSA) is 107 Å². The second kappa shape index (κ2) is 14.7. The van der Waals surface area contributed by atoms with Crippen molar-refractivity contribution < 1.29 is 24.9 Å². The van der Waals surface area contributed by atoms with Gasteiger partial charge in [-0.05, 0) is 19.3 Å². The number of aliphatic hydroxyl groups is 3. The van der Waals surface area contributed by atoms with E-state index in [1.165, 1.54) is 0 Å². The summed E-state index contributed by atoms with van der Waals surface area (Å²) in [5.41, 5.74) is 0. The van der Waals surface area contributed by atoms with Crippen LogP contribution in [0.25, 0.3) is 0 Å². The highest BCUT2D eigenvalue weighted by Gasteiger charge is 2.39. The van der Waals surface area contributed by atoms with E-state index in [1.54, 1.807) is 6.08 Å². The predicted molar refractivity (Wildman–Crippen MR) is 110 cm³/mol. The van der Waals surface area contributed by atoms with Crippen LogP contribution in [-0.2, 0) is 9.59 Å². The molecule has 4 N–H and O–H groups in total. The molecule has 6 heteroatoms. The van der Waals surface area contributed by atoms with Crippen LogP contribution in [0.5, 0.6) is 0 Å². The van der Waals surface area contributed by atoms with E-state index in [1.807, 2.05) is 6.08 Å². The van der Waals surface area contributed by atoms with Gasteiger partial charge in [0, 0.05) is 31.2 Å². The molecular weight excluding hydrogens is 358 g/mol. The monoisotopic (exact) mass is 397 g/mol. The summed E-state index contributed by atoms with van der Waals surface area (Å²) < 4.78 is 0. The zero-order chi connectivity index (χ0) is 20.8. The van der Waals surface area contributed by atoms with Gasteiger partial charge in [-0.2, -0.15) is 0 Å². The zero-order valence-corrected chi connectivity index (χ0v) is 17.3. The van der Waals surface area contributed by atoms with Gasteiger partial charge in [-0.1, -0.05) is 57.6 Å². The lowest BCUT2D eigenvalue weighted by Gasteiger charge is -2.18. The standard InChI is InChI=1S/C22H39NO5/c1-2-3-6-9-17(25)12-13-19-18(20(26)16-21(19)27)10-7-4-5-8-11-22(28)23-14-15-24/h12-13,17-19,21,24-25,27H,2-11,14-16H2,1H3,(H,23,28)/b13-12+/t17?,18-,19-,21?/m1/s1. The van der Waals surface area contributed by atoms with Gasteiger partial charge in [-0.3, -0.25) is 9.59 Å². The average molecular weight is 398 g/mol. The van der Waals surface area contributed by atoms with E-state index in [-0.39, 0.29) is 36.6 Å². The van der Waals surface area contributed by atoms with Gasteiger partial charge < -0.3 is 20.6 Å². The van der Waals surface area contributed by atoms with Gasteiger partial charge in [0.15, 0.2) is 0 Å². The van der Waals surface area contributed by atoms with Crippen LogP contribution in [0.4, 0.5) is 0 Å². The number of nitrogens with one attached hydrogen (secondary N) is 1. The number of amides is 1. The van der Waals surface area contributed by atoms with Crippen molar-refractivity contribution in [2.75, 3.05) is 13.2 Å². The third-order valence-corrected chi connectivity index (χ3v) is 5.49. The van der Waals surface area contributed by atoms with Crippen molar-refractivity contribution in [3.8, 4) is 0 Å². The van der Waals surface area contributed by atoms with Crippen LogP contribution in [0.3, 0.4) is 0 Å². The molecule has 0 aromatic carbocycles. The molecule has 1 amide bonds. The average Bonchev–Trinajstić information content (AvgIpc) is 2.94. The Bertz CT molecular complexity index is 480. The summed E-state index contributed by atoms with van der Waals surface area (Å²) in [5.74, 6) is -0.281. The van der Waals surface area contributed by atoms with E-state index < -0.39 is 12.2 Å². The van der Waals surface area contributed by atoms with E-state index in [0.29, 0.717) is 13.0 Å². The molecule has 1 saturated carbocycles. The first-order chi connectivity index (χ1) is 13.5. The van der Waals surface area contributed by atoms with Crippen LogP contribution in [-0.4, -0.2) is 52.4 Å². The first-order valence-electron chi connectivity index (χ1n) is 10.9. The molecule has 0 saturated heterocycles. The Kier molecular flexibility index (Phi) is 13.0. The molecule has 1 fully saturated rings. The molecule has 1 aliphatic carbocycles. The van der Waals surface area contributed by atoms with Crippen molar-refractivity contribution in [2.24, 2.45) is 11.8 Å². The molecule has 0 radical (unpaired) electrons. The SMILES string of the molecule is CCCCCC(O)/C=C/[C@H]1C(O)CC(=O)[C@@H]1CCCCCCC(=O)NCCO. The molecule has 1 rings (SSSR count). The minimum Gasteiger partial charge on any atom is -0.395 e. The van der Waals surface area contributed by atoms with Gasteiger partial charge in [-0.15, -0.1) is 0 Å². The fourth-order valence-electron chi connectivity index (χ4n) is 3.84. The molecule has 0 aromatic heterocycles. The normalized spacial score (nSPS) is 23.4. The lowest BCUT2D eigenvalue weighted by molar-refractivity contribution is -0.122. The van der Waals surface area contributed by atoms with Crippen LogP contribution in [0.1, 0.15) is 77.6 Å². The van der Waals surface area contributed by atoms with Crippen LogP contribution < -0.4 is 5.32 Å². The molecule has 0 bridgehead atoms. The Labute approximate surface area is 169 Å². The van der Waals surface area contributed by atoms with E-state index >= 15 is 0 Å². The smallest absolute Gasteiger partial charge is 0.220 e. The largest absolute Gasteiger partial charge is 0.395 e. The second-order valence-corrected chi connectivity index (χ2v) is 7.90. The third kappa shape index (κ3) is 9.80. The Balaban J connectivity index is 2.31. The lowest BCUT2D eigenvalue weighted by atomic mass is 9.88. The number of hydrogen-bond donors (Lipinski definition) is 4. The summed E-state index contributed by atoms with van der Waals surface area (Å²) in [6.07, 6.45) is 11.3. The maximum absolute atomic E-state index is 12.2. The minimum atomic E-state index is -0.646. The highest BCUT2D eigenvalue weighted by atomic mass is 16.3. The van der Waals surface area contributed by atoms with Crippen LogP contribution in [0.15, 0.2) is 12.2 Å². The number of hydrogen-bond acceptors (Lipinski definition) is 5. The molecule has 28 heavy (non-hydrogen) atoms. The highest BCUT2D eigenvalue weighted by Crippen LogP contribution is 2.34.